The Balaban J connectivity index is 1.48. The third-order valence-electron chi connectivity index (χ3n) is 5.11. The molecule has 0 N–H and O–H groups in total. The lowest BCUT2D eigenvalue weighted by Gasteiger charge is -2.26. The molecule has 0 saturated carbocycles. The zero-order valence-electron chi connectivity index (χ0n) is 17.2. The number of sulfonamides is 1. The van der Waals surface area contributed by atoms with E-state index in [0.717, 1.165) is 11.3 Å². The quantitative estimate of drug-likeness (QED) is 0.587. The van der Waals surface area contributed by atoms with Crippen molar-refractivity contribution in [2.45, 2.75) is 11.4 Å². The van der Waals surface area contributed by atoms with Crippen LogP contribution in [0.3, 0.4) is 0 Å². The van der Waals surface area contributed by atoms with Crippen molar-refractivity contribution in [3.63, 3.8) is 0 Å². The van der Waals surface area contributed by atoms with Gasteiger partial charge in [-0.25, -0.2) is 13.1 Å². The van der Waals surface area contributed by atoms with Crippen LogP contribution >= 0.6 is 0 Å². The highest BCUT2D eigenvalue weighted by atomic mass is 32.2. The molecule has 4 rings (SSSR count). The predicted molar refractivity (Wildman–Crippen MR) is 115 cm³/mol. The lowest BCUT2D eigenvalue weighted by molar-refractivity contribution is 0.0730. The number of benzene rings is 2. The first-order chi connectivity index (χ1) is 14.9. The van der Waals surface area contributed by atoms with Crippen LogP contribution in [-0.2, 0) is 21.3 Å². The first kappa shape index (κ1) is 21.2. The van der Waals surface area contributed by atoms with E-state index in [1.807, 2.05) is 36.5 Å². The fourth-order valence-corrected chi connectivity index (χ4v) is 4.91. The van der Waals surface area contributed by atoms with Crippen molar-refractivity contribution >= 4 is 15.9 Å². The summed E-state index contributed by atoms with van der Waals surface area (Å²) in [5, 5.41) is 4.35. The van der Waals surface area contributed by atoms with Crippen LogP contribution in [-0.4, -0.2) is 66.7 Å². The number of ether oxygens (including phenoxy) is 1. The van der Waals surface area contributed by atoms with Crippen LogP contribution in [0.4, 0.5) is 0 Å². The first-order valence-corrected chi connectivity index (χ1v) is 11.4. The molecule has 8 nitrogen and oxygen atoms in total. The maximum atomic E-state index is 13.0. The molecule has 0 radical (unpaired) electrons. The second-order valence-electron chi connectivity index (χ2n) is 7.33. The maximum absolute atomic E-state index is 13.0. The normalized spacial score (nSPS) is 15.0. The molecule has 1 aromatic heterocycles. The van der Waals surface area contributed by atoms with Gasteiger partial charge in [0.25, 0.3) is 5.91 Å². The Kier molecular flexibility index (Phi) is 6.17. The van der Waals surface area contributed by atoms with Crippen LogP contribution in [0.2, 0.25) is 0 Å². The molecule has 0 atom stereocenters. The molecule has 9 heteroatoms. The Morgan fingerprint density at radius 2 is 1.84 bits per heavy atom. The summed E-state index contributed by atoms with van der Waals surface area (Å²) in [6, 6.07) is 15.9. The molecule has 1 amide bonds. The molecule has 162 valence electrons. The van der Waals surface area contributed by atoms with Gasteiger partial charge in [0.2, 0.25) is 10.0 Å². The minimum Gasteiger partial charge on any atom is -0.379 e. The van der Waals surface area contributed by atoms with Crippen LogP contribution < -0.4 is 0 Å². The third kappa shape index (κ3) is 4.68. The number of hydrogen-bond donors (Lipinski definition) is 0. The van der Waals surface area contributed by atoms with Crippen molar-refractivity contribution in [1.29, 1.82) is 0 Å². The number of aromatic nitrogens is 2. The minimum absolute atomic E-state index is 0.116. The summed E-state index contributed by atoms with van der Waals surface area (Å²) in [7, 11) is -1.97. The van der Waals surface area contributed by atoms with Crippen molar-refractivity contribution < 1.29 is 17.9 Å². The fourth-order valence-electron chi connectivity index (χ4n) is 3.46. The van der Waals surface area contributed by atoms with E-state index in [0.29, 0.717) is 38.4 Å². The van der Waals surface area contributed by atoms with Gasteiger partial charge in [-0.05, 0) is 30.3 Å². The molecule has 3 aromatic rings. The topological polar surface area (TPSA) is 84.7 Å². The van der Waals surface area contributed by atoms with E-state index in [2.05, 4.69) is 5.10 Å². The predicted octanol–water partition coefficient (Wildman–Crippen LogP) is 2.17. The smallest absolute Gasteiger partial charge is 0.253 e. The highest BCUT2D eigenvalue weighted by Crippen LogP contribution is 2.19. The van der Waals surface area contributed by atoms with Gasteiger partial charge in [-0.3, -0.25) is 4.79 Å². The SMILES string of the molecule is CN(Cc1cnn(-c2ccccc2)c1)C(=O)c1cccc(S(=O)(=O)N2CCOCC2)c1. The number of nitrogens with zero attached hydrogens (tertiary/aromatic N) is 4. The summed E-state index contributed by atoms with van der Waals surface area (Å²) in [6.07, 6.45) is 3.59. The Labute approximate surface area is 181 Å². The first-order valence-electron chi connectivity index (χ1n) is 9.97. The number of morpholine rings is 1. The number of amides is 1. The zero-order valence-corrected chi connectivity index (χ0v) is 18.0. The molecular weight excluding hydrogens is 416 g/mol. The van der Waals surface area contributed by atoms with Gasteiger partial charge in [-0.1, -0.05) is 24.3 Å². The van der Waals surface area contributed by atoms with Crippen LogP contribution in [0, 0.1) is 0 Å². The van der Waals surface area contributed by atoms with E-state index in [1.54, 1.807) is 35.0 Å². The lowest BCUT2D eigenvalue weighted by Crippen LogP contribution is -2.40. The lowest BCUT2D eigenvalue weighted by atomic mass is 10.2. The van der Waals surface area contributed by atoms with Gasteiger partial charge in [0.1, 0.15) is 0 Å². The van der Waals surface area contributed by atoms with E-state index in [1.165, 1.54) is 16.4 Å². The molecule has 2 heterocycles. The Morgan fingerprint density at radius 1 is 1.10 bits per heavy atom. The second kappa shape index (κ2) is 9.01. The standard InChI is InChI=1S/C22H24N4O4S/c1-24(16-18-15-23-26(17-18)20-7-3-2-4-8-20)22(27)19-6-5-9-21(14-19)31(28,29)25-10-12-30-13-11-25/h2-9,14-15,17H,10-13,16H2,1H3. The monoisotopic (exact) mass is 440 g/mol. The molecular formula is C22H24N4O4S. The number of rotatable bonds is 6. The zero-order chi connectivity index (χ0) is 21.8. The molecule has 0 bridgehead atoms. The van der Waals surface area contributed by atoms with Crippen LogP contribution in [0.15, 0.2) is 71.9 Å². The molecule has 0 unspecified atom stereocenters. The Morgan fingerprint density at radius 3 is 2.58 bits per heavy atom. The highest BCUT2D eigenvalue weighted by Gasteiger charge is 2.27. The summed E-state index contributed by atoms with van der Waals surface area (Å²) in [4.78, 5) is 14.6. The van der Waals surface area contributed by atoms with Gasteiger partial charge < -0.3 is 9.64 Å². The van der Waals surface area contributed by atoms with Gasteiger partial charge in [0, 0.05) is 44.0 Å². The van der Waals surface area contributed by atoms with Gasteiger partial charge in [-0.2, -0.15) is 9.40 Å². The number of carbonyl (C=O) groups is 1. The van der Waals surface area contributed by atoms with E-state index in [4.69, 9.17) is 4.74 Å². The van der Waals surface area contributed by atoms with Crippen molar-refractivity contribution in [3.05, 3.63) is 78.1 Å². The molecule has 1 fully saturated rings. The molecule has 2 aromatic carbocycles. The summed E-state index contributed by atoms with van der Waals surface area (Å²) < 4.78 is 34.2. The fraction of sp³-hybridized carbons (Fsp3) is 0.273. The number of para-hydroxylation sites is 1. The van der Waals surface area contributed by atoms with Crippen molar-refractivity contribution in [2.24, 2.45) is 0 Å². The van der Waals surface area contributed by atoms with E-state index < -0.39 is 10.0 Å². The number of carbonyl (C=O) groups excluding carboxylic acids is 1. The van der Waals surface area contributed by atoms with Gasteiger partial charge >= 0.3 is 0 Å². The van der Waals surface area contributed by atoms with Crippen LogP contribution in [0.25, 0.3) is 5.69 Å². The maximum Gasteiger partial charge on any atom is 0.253 e. The minimum atomic E-state index is -3.66. The van der Waals surface area contributed by atoms with Crippen molar-refractivity contribution in [2.75, 3.05) is 33.4 Å². The van der Waals surface area contributed by atoms with Crippen molar-refractivity contribution in [1.82, 2.24) is 19.0 Å². The van der Waals surface area contributed by atoms with Gasteiger partial charge in [-0.15, -0.1) is 0 Å². The molecule has 0 spiro atoms. The molecule has 0 aliphatic carbocycles. The molecule has 1 aliphatic heterocycles. The largest absolute Gasteiger partial charge is 0.379 e. The van der Waals surface area contributed by atoms with Crippen LogP contribution in [0.1, 0.15) is 15.9 Å². The molecule has 1 saturated heterocycles. The molecule has 31 heavy (non-hydrogen) atoms. The summed E-state index contributed by atoms with van der Waals surface area (Å²) in [5.41, 5.74) is 2.13. The van der Waals surface area contributed by atoms with Crippen LogP contribution in [0.5, 0.6) is 0 Å². The summed E-state index contributed by atoms with van der Waals surface area (Å²) in [5.74, 6) is -0.258. The molecule has 1 aliphatic rings. The number of hydrogen-bond acceptors (Lipinski definition) is 5. The average molecular weight is 441 g/mol. The second-order valence-corrected chi connectivity index (χ2v) is 9.27. The third-order valence-corrected chi connectivity index (χ3v) is 7.01. The van der Waals surface area contributed by atoms with E-state index >= 15 is 0 Å². The Hall–Kier alpha value is -3.01. The van der Waals surface area contributed by atoms with E-state index in [-0.39, 0.29) is 10.8 Å². The van der Waals surface area contributed by atoms with Crippen molar-refractivity contribution in [3.8, 4) is 5.69 Å². The van der Waals surface area contributed by atoms with Gasteiger partial charge in [0.05, 0.1) is 30.0 Å². The summed E-state index contributed by atoms with van der Waals surface area (Å²) in [6.45, 7) is 1.72. The Bertz CT molecular complexity index is 1160. The van der Waals surface area contributed by atoms with Gasteiger partial charge in [0.15, 0.2) is 0 Å². The average Bonchev–Trinajstić information content (AvgIpc) is 3.28. The summed E-state index contributed by atoms with van der Waals surface area (Å²) >= 11 is 0. The van der Waals surface area contributed by atoms with E-state index in [9.17, 15) is 13.2 Å². The highest BCUT2D eigenvalue weighted by molar-refractivity contribution is 7.89.